The van der Waals surface area contributed by atoms with E-state index in [1.807, 2.05) is 25.1 Å². The Morgan fingerprint density at radius 3 is 2.32 bits per heavy atom. The highest BCUT2D eigenvalue weighted by Crippen LogP contribution is 2.32. The number of ether oxygens (including phenoxy) is 1. The van der Waals surface area contributed by atoms with Gasteiger partial charge < -0.3 is 15.0 Å². The van der Waals surface area contributed by atoms with E-state index in [1.54, 1.807) is 23.1 Å². The van der Waals surface area contributed by atoms with Gasteiger partial charge in [0.25, 0.3) is 5.91 Å². The van der Waals surface area contributed by atoms with Gasteiger partial charge in [0.2, 0.25) is 5.91 Å². The number of hydrogen-bond acceptors (Lipinski definition) is 3. The van der Waals surface area contributed by atoms with Crippen molar-refractivity contribution >= 4 is 50.9 Å². The van der Waals surface area contributed by atoms with E-state index in [1.165, 1.54) is 6.42 Å². The highest BCUT2D eigenvalue weighted by atomic mass is 79.9. The number of halogens is 3. The molecule has 0 bridgehead atoms. The molecule has 0 aromatic heterocycles. The van der Waals surface area contributed by atoms with Crippen molar-refractivity contribution in [2.45, 2.75) is 90.3 Å². The summed E-state index contributed by atoms with van der Waals surface area (Å²) >= 11 is 16.5. The normalized spacial score (nSPS) is 15.2. The van der Waals surface area contributed by atoms with Crippen molar-refractivity contribution in [3.05, 3.63) is 62.0 Å². The van der Waals surface area contributed by atoms with E-state index in [0.717, 1.165) is 35.7 Å². The Kier molecular flexibility index (Phi) is 10.7. The number of carbonyl (C=O) groups is 2. The van der Waals surface area contributed by atoms with Gasteiger partial charge in [0.05, 0.1) is 4.47 Å². The highest BCUT2D eigenvalue weighted by molar-refractivity contribution is 9.10. The number of nitrogens with one attached hydrogen (secondary N) is 1. The van der Waals surface area contributed by atoms with Gasteiger partial charge in [-0.15, -0.1) is 0 Å². The largest absolute Gasteiger partial charge is 0.483 e. The van der Waals surface area contributed by atoms with Gasteiger partial charge in [-0.2, -0.15) is 0 Å². The Morgan fingerprint density at radius 1 is 1.11 bits per heavy atom. The summed E-state index contributed by atoms with van der Waals surface area (Å²) in [7, 11) is 0. The molecule has 2 aromatic rings. The molecule has 0 spiro atoms. The second kappa shape index (κ2) is 13.3. The molecule has 2 aromatic carbocycles. The first kappa shape index (κ1) is 29.8. The third-order valence-electron chi connectivity index (χ3n) is 6.88. The summed E-state index contributed by atoms with van der Waals surface area (Å²) in [6.45, 7) is 8.21. The first-order chi connectivity index (χ1) is 17.5. The van der Waals surface area contributed by atoms with Crippen LogP contribution in [0.5, 0.6) is 5.75 Å². The molecule has 1 aliphatic carbocycles. The van der Waals surface area contributed by atoms with Crippen LogP contribution in [-0.4, -0.2) is 35.4 Å². The van der Waals surface area contributed by atoms with Crippen molar-refractivity contribution in [3.63, 3.8) is 0 Å². The molecular formula is C29H37BrCl2N2O3. The van der Waals surface area contributed by atoms with Crippen molar-refractivity contribution in [2.75, 3.05) is 6.61 Å². The number of benzene rings is 2. The summed E-state index contributed by atoms with van der Waals surface area (Å²) in [5.41, 5.74) is 1.75. The molecule has 1 saturated carbocycles. The molecule has 0 aliphatic heterocycles. The lowest BCUT2D eigenvalue weighted by Crippen LogP contribution is -2.52. The van der Waals surface area contributed by atoms with Crippen LogP contribution < -0.4 is 10.1 Å². The molecule has 0 saturated heterocycles. The van der Waals surface area contributed by atoms with Gasteiger partial charge in [-0.1, -0.05) is 82.3 Å². The summed E-state index contributed by atoms with van der Waals surface area (Å²) in [4.78, 5) is 28.5. The van der Waals surface area contributed by atoms with E-state index in [0.29, 0.717) is 27.8 Å². The Hall–Kier alpha value is -1.76. The van der Waals surface area contributed by atoms with Crippen LogP contribution in [-0.2, 0) is 21.5 Å². The maximum Gasteiger partial charge on any atom is 0.261 e. The maximum atomic E-state index is 13.6. The van der Waals surface area contributed by atoms with E-state index in [-0.39, 0.29) is 36.4 Å². The molecule has 2 amide bonds. The van der Waals surface area contributed by atoms with E-state index >= 15 is 0 Å². The van der Waals surface area contributed by atoms with Gasteiger partial charge in [0.15, 0.2) is 6.61 Å². The second-order valence-electron chi connectivity index (χ2n) is 10.7. The average molecular weight is 612 g/mol. The standard InChI is InChI=1S/C29H37BrCl2N2O3/c1-5-25(28(36)33-20-10-7-6-8-11-20)34(17-21-23(31)12-9-13-24(21)32)27(35)18-37-26-15-14-19(16-22(26)30)29(2,3)4/h9,12-16,20,25H,5-8,10-11,17-18H2,1-4H3,(H,33,36). The van der Waals surface area contributed by atoms with Crippen LogP contribution in [0.2, 0.25) is 10.0 Å². The van der Waals surface area contributed by atoms with E-state index in [2.05, 4.69) is 42.0 Å². The van der Waals surface area contributed by atoms with Crippen molar-refractivity contribution in [2.24, 2.45) is 0 Å². The minimum Gasteiger partial charge on any atom is -0.483 e. The first-order valence-electron chi connectivity index (χ1n) is 13.0. The van der Waals surface area contributed by atoms with Gasteiger partial charge in [0.1, 0.15) is 11.8 Å². The third kappa shape index (κ3) is 8.11. The van der Waals surface area contributed by atoms with E-state index in [9.17, 15) is 9.59 Å². The number of carbonyl (C=O) groups excluding carboxylic acids is 2. The summed E-state index contributed by atoms with van der Waals surface area (Å²) in [5.74, 6) is 0.104. The smallest absolute Gasteiger partial charge is 0.261 e. The summed E-state index contributed by atoms with van der Waals surface area (Å²) < 4.78 is 6.71. The zero-order valence-electron chi connectivity index (χ0n) is 22.1. The van der Waals surface area contributed by atoms with Crippen LogP contribution in [0.25, 0.3) is 0 Å². The molecular weight excluding hydrogens is 575 g/mol. The predicted molar refractivity (Wildman–Crippen MR) is 154 cm³/mol. The maximum absolute atomic E-state index is 13.6. The topological polar surface area (TPSA) is 58.6 Å². The van der Waals surface area contributed by atoms with E-state index in [4.69, 9.17) is 27.9 Å². The minimum atomic E-state index is -0.669. The Balaban J connectivity index is 1.82. The molecule has 3 rings (SSSR count). The van der Waals surface area contributed by atoms with Gasteiger partial charge >= 0.3 is 0 Å². The lowest BCUT2D eigenvalue weighted by Gasteiger charge is -2.33. The lowest BCUT2D eigenvalue weighted by atomic mass is 9.87. The summed E-state index contributed by atoms with van der Waals surface area (Å²) in [6.07, 6.45) is 5.80. The van der Waals surface area contributed by atoms with Crippen LogP contribution in [0, 0.1) is 0 Å². The van der Waals surface area contributed by atoms with Crippen molar-refractivity contribution in [1.82, 2.24) is 10.2 Å². The molecule has 0 heterocycles. The molecule has 1 fully saturated rings. The molecule has 5 nitrogen and oxygen atoms in total. The zero-order valence-corrected chi connectivity index (χ0v) is 25.2. The van der Waals surface area contributed by atoms with Crippen LogP contribution >= 0.6 is 39.1 Å². The molecule has 8 heteroatoms. The molecule has 37 heavy (non-hydrogen) atoms. The van der Waals surface area contributed by atoms with Crippen LogP contribution in [0.3, 0.4) is 0 Å². The average Bonchev–Trinajstić information content (AvgIpc) is 2.84. The summed E-state index contributed by atoms with van der Waals surface area (Å²) in [6, 6.07) is 10.6. The molecule has 202 valence electrons. The van der Waals surface area contributed by atoms with Gasteiger partial charge in [0, 0.05) is 28.2 Å². The van der Waals surface area contributed by atoms with E-state index < -0.39 is 6.04 Å². The minimum absolute atomic E-state index is 0.0120. The quantitative estimate of drug-likeness (QED) is 0.316. The Labute approximate surface area is 239 Å². The van der Waals surface area contributed by atoms with Gasteiger partial charge in [-0.05, 0) is 70.4 Å². The molecule has 1 aliphatic rings. The van der Waals surface area contributed by atoms with Gasteiger partial charge in [-0.3, -0.25) is 9.59 Å². The van der Waals surface area contributed by atoms with Gasteiger partial charge in [-0.25, -0.2) is 0 Å². The predicted octanol–water partition coefficient (Wildman–Crippen LogP) is 7.69. The molecule has 0 radical (unpaired) electrons. The zero-order chi connectivity index (χ0) is 27.2. The Bertz CT molecular complexity index is 1080. The second-order valence-corrected chi connectivity index (χ2v) is 12.3. The number of nitrogens with zero attached hydrogens (tertiary/aromatic N) is 1. The highest BCUT2D eigenvalue weighted by Gasteiger charge is 2.31. The molecule has 1 atom stereocenters. The Morgan fingerprint density at radius 2 is 1.76 bits per heavy atom. The van der Waals surface area contributed by atoms with Crippen LogP contribution in [0.1, 0.15) is 77.3 Å². The summed E-state index contributed by atoms with van der Waals surface area (Å²) in [5, 5.41) is 4.08. The fourth-order valence-electron chi connectivity index (χ4n) is 4.62. The van der Waals surface area contributed by atoms with Crippen molar-refractivity contribution in [3.8, 4) is 5.75 Å². The molecule has 1 unspecified atom stereocenters. The van der Waals surface area contributed by atoms with Crippen LogP contribution in [0.4, 0.5) is 0 Å². The van der Waals surface area contributed by atoms with Crippen LogP contribution in [0.15, 0.2) is 40.9 Å². The number of amides is 2. The number of hydrogen-bond donors (Lipinski definition) is 1. The van der Waals surface area contributed by atoms with Crippen molar-refractivity contribution in [1.29, 1.82) is 0 Å². The SMILES string of the molecule is CCC(C(=O)NC1CCCCC1)N(Cc1c(Cl)cccc1Cl)C(=O)COc1ccc(C(C)(C)C)cc1Br. The third-order valence-corrected chi connectivity index (χ3v) is 8.20. The first-order valence-corrected chi connectivity index (χ1v) is 14.5. The van der Waals surface area contributed by atoms with Crippen molar-refractivity contribution < 1.29 is 14.3 Å². The lowest BCUT2D eigenvalue weighted by molar-refractivity contribution is -0.143. The molecule has 1 N–H and O–H groups in total. The monoisotopic (exact) mass is 610 g/mol. The fraction of sp³-hybridized carbons (Fsp3) is 0.517. The fourth-order valence-corrected chi connectivity index (χ4v) is 5.63. The number of rotatable bonds is 9.